The lowest BCUT2D eigenvalue weighted by Crippen LogP contribution is -2.44. The van der Waals surface area contributed by atoms with E-state index in [4.69, 9.17) is 41.9 Å². The van der Waals surface area contributed by atoms with E-state index < -0.39 is 12.0 Å². The highest BCUT2D eigenvalue weighted by atomic mass is 16.5. The Morgan fingerprint density at radius 2 is 1.48 bits per heavy atom. The van der Waals surface area contributed by atoms with Crippen molar-refractivity contribution in [2.45, 2.75) is 32.2 Å². The Bertz CT molecular complexity index is 1650. The van der Waals surface area contributed by atoms with Gasteiger partial charge in [0.15, 0.2) is 0 Å². The van der Waals surface area contributed by atoms with Crippen LogP contribution < -0.4 is 11.5 Å². The van der Waals surface area contributed by atoms with Crippen LogP contribution in [0.3, 0.4) is 0 Å². The van der Waals surface area contributed by atoms with E-state index >= 15 is 0 Å². The first kappa shape index (κ1) is 33.0. The van der Waals surface area contributed by atoms with Gasteiger partial charge in [0.05, 0.1) is 17.6 Å². The van der Waals surface area contributed by atoms with Crippen LogP contribution in [0, 0.1) is 10.8 Å². The number of amides is 1. The summed E-state index contributed by atoms with van der Waals surface area (Å²) in [6.45, 7) is 1.68. The van der Waals surface area contributed by atoms with Crippen molar-refractivity contribution in [3.63, 3.8) is 0 Å². The Hall–Kier alpha value is -5.52. The average molecular weight is 600 g/mol. The molecule has 12 heteroatoms. The van der Waals surface area contributed by atoms with E-state index in [1.807, 2.05) is 41.9 Å². The molecule has 0 spiro atoms. The van der Waals surface area contributed by atoms with Gasteiger partial charge in [0, 0.05) is 43.6 Å². The second-order valence-electron chi connectivity index (χ2n) is 10.0. The summed E-state index contributed by atoms with van der Waals surface area (Å²) >= 11 is 0. The summed E-state index contributed by atoms with van der Waals surface area (Å²) in [5, 5.41) is 22.0. The number of hydrogen-bond donors (Lipinski definition) is 5. The summed E-state index contributed by atoms with van der Waals surface area (Å²) in [6.07, 6.45) is 1.71. The fourth-order valence-electron chi connectivity index (χ4n) is 4.72. The summed E-state index contributed by atoms with van der Waals surface area (Å²) < 4.78 is 7.31. The molecule has 1 aromatic heterocycles. The number of rotatable bonds is 11. The number of imidazole rings is 1. The zero-order valence-corrected chi connectivity index (χ0v) is 24.9. The molecule has 0 aliphatic rings. The summed E-state index contributed by atoms with van der Waals surface area (Å²) in [5.74, 6) is 0.0774. The molecular weight excluding hydrogens is 562 g/mol. The molecule has 0 saturated heterocycles. The lowest BCUT2D eigenvalue weighted by molar-refractivity contribution is -0.148. The molecule has 0 aliphatic carbocycles. The fourth-order valence-corrected chi connectivity index (χ4v) is 4.72. The second-order valence-corrected chi connectivity index (χ2v) is 10.0. The van der Waals surface area contributed by atoms with Crippen molar-refractivity contribution in [3.05, 3.63) is 100 Å². The Morgan fingerprint density at radius 1 is 0.955 bits per heavy atom. The molecule has 0 saturated carbocycles. The molecule has 1 unspecified atom stereocenters. The first-order valence-corrected chi connectivity index (χ1v) is 13.8. The van der Waals surface area contributed by atoms with Gasteiger partial charge in [-0.2, -0.15) is 0 Å². The summed E-state index contributed by atoms with van der Waals surface area (Å²) in [6, 6.07) is 19.2. The van der Waals surface area contributed by atoms with Gasteiger partial charge >= 0.3 is 5.97 Å². The number of carbonyl (C=O) groups excluding carboxylic acids is 2. The quantitative estimate of drug-likeness (QED) is 0.0749. The van der Waals surface area contributed by atoms with Gasteiger partial charge in [-0.3, -0.25) is 20.4 Å². The number of carboxylic acid groups (broad SMARTS) is 1. The van der Waals surface area contributed by atoms with Gasteiger partial charge in [-0.15, -0.1) is 0 Å². The predicted molar refractivity (Wildman–Crippen MR) is 168 cm³/mol. The van der Waals surface area contributed by atoms with Gasteiger partial charge in [0.1, 0.15) is 23.5 Å². The fraction of sp³-hybridized carbons (Fsp3) is 0.250. The lowest BCUT2D eigenvalue weighted by Gasteiger charge is -2.27. The van der Waals surface area contributed by atoms with Crippen LogP contribution in [0.15, 0.2) is 66.7 Å². The minimum atomic E-state index is -0.838. The smallest absolute Gasteiger partial charge is 0.329 e. The number of esters is 1. The van der Waals surface area contributed by atoms with Crippen molar-refractivity contribution in [2.24, 2.45) is 18.5 Å². The maximum Gasteiger partial charge on any atom is 0.329 e. The van der Waals surface area contributed by atoms with Gasteiger partial charge in [-0.05, 0) is 42.7 Å². The van der Waals surface area contributed by atoms with Crippen molar-refractivity contribution < 1.29 is 24.2 Å². The Kier molecular flexibility index (Phi) is 11.3. The molecule has 3 aromatic carbocycles. The van der Waals surface area contributed by atoms with Crippen molar-refractivity contribution in [1.29, 1.82) is 10.8 Å². The third-order valence-corrected chi connectivity index (χ3v) is 7.16. The Balaban J connectivity index is 0.00000169. The molecule has 0 radical (unpaired) electrons. The monoisotopic (exact) mass is 599 g/mol. The van der Waals surface area contributed by atoms with Crippen LogP contribution in [-0.2, 0) is 40.6 Å². The second kappa shape index (κ2) is 15.1. The van der Waals surface area contributed by atoms with Crippen LogP contribution in [0.2, 0.25) is 0 Å². The number of benzene rings is 3. The number of ether oxygens (including phenoxy) is 1. The zero-order chi connectivity index (χ0) is 32.4. The van der Waals surface area contributed by atoms with Gasteiger partial charge in [0.25, 0.3) is 12.4 Å². The minimum Gasteiger partial charge on any atom is -0.483 e. The van der Waals surface area contributed by atoms with E-state index in [2.05, 4.69) is 0 Å². The first-order valence-electron chi connectivity index (χ1n) is 13.8. The molecule has 0 aliphatic heterocycles. The van der Waals surface area contributed by atoms with Crippen LogP contribution in [0.25, 0.3) is 11.0 Å². The van der Waals surface area contributed by atoms with Crippen molar-refractivity contribution >= 4 is 41.1 Å². The minimum absolute atomic E-state index is 0.0396. The predicted octanol–water partition coefficient (Wildman–Crippen LogP) is 2.87. The first-order chi connectivity index (χ1) is 21.0. The van der Waals surface area contributed by atoms with Gasteiger partial charge in [-0.25, -0.2) is 9.78 Å². The summed E-state index contributed by atoms with van der Waals surface area (Å²) in [7, 11) is 3.55. The standard InChI is InChI=1S/C31H35N7O3.CH2O2/c1-4-41-31(40)26(17-20-7-12-22(13-8-20)29(34)35)38(3)30(39)23-14-15-25-24(18-23)36-27(37(25)2)16-9-19-5-10-21(11-6-19)28(32)33;2-1-3/h5-8,10-15,18,26H,4,9,16-17H2,1-3H3,(H3,32,33)(H3,34,35);1H,(H,2,3). The molecule has 1 heterocycles. The third kappa shape index (κ3) is 8.06. The SMILES string of the molecule is CCOC(=O)C(Cc1ccc(C(=N)N)cc1)N(C)C(=O)c1ccc2c(c1)nc(CCc1ccc(C(=N)N)cc1)n2C.O=CO. The number of nitrogen functional groups attached to an aromatic ring is 2. The molecule has 1 atom stereocenters. The number of amidine groups is 2. The molecule has 0 fully saturated rings. The zero-order valence-electron chi connectivity index (χ0n) is 24.9. The van der Waals surface area contributed by atoms with E-state index in [0.717, 1.165) is 28.9 Å². The van der Waals surface area contributed by atoms with E-state index in [1.54, 1.807) is 50.4 Å². The van der Waals surface area contributed by atoms with E-state index in [0.29, 0.717) is 28.6 Å². The molecule has 0 bridgehead atoms. The number of hydrogen-bond acceptors (Lipinski definition) is 7. The number of nitrogens with one attached hydrogen (secondary N) is 2. The number of carbonyl (C=O) groups is 3. The number of nitrogens with zero attached hydrogens (tertiary/aromatic N) is 3. The lowest BCUT2D eigenvalue weighted by atomic mass is 10.0. The van der Waals surface area contributed by atoms with E-state index in [1.165, 1.54) is 4.90 Å². The molecular formula is C32H37N7O5. The summed E-state index contributed by atoms with van der Waals surface area (Å²) in [5.41, 5.74) is 16.3. The maximum absolute atomic E-state index is 13.6. The molecule has 4 aromatic rings. The van der Waals surface area contributed by atoms with Crippen molar-refractivity contribution in [3.8, 4) is 0 Å². The number of aryl methyl sites for hydroxylation is 3. The Morgan fingerprint density at radius 3 is 2.00 bits per heavy atom. The van der Waals surface area contributed by atoms with Crippen LogP contribution in [0.5, 0.6) is 0 Å². The van der Waals surface area contributed by atoms with E-state index in [-0.39, 0.29) is 37.1 Å². The number of nitrogens with two attached hydrogens (primary N) is 2. The number of likely N-dealkylation sites (N-methyl/N-ethyl adjacent to an activating group) is 1. The van der Waals surface area contributed by atoms with E-state index in [9.17, 15) is 9.59 Å². The molecule has 12 nitrogen and oxygen atoms in total. The largest absolute Gasteiger partial charge is 0.483 e. The van der Waals surface area contributed by atoms with Gasteiger partial charge in [-0.1, -0.05) is 48.5 Å². The van der Waals surface area contributed by atoms with Crippen molar-refractivity contribution in [1.82, 2.24) is 14.5 Å². The molecule has 1 amide bonds. The van der Waals surface area contributed by atoms with Gasteiger partial charge in [0.2, 0.25) is 0 Å². The Labute approximate surface area is 255 Å². The number of fused-ring (bicyclic) bond motifs is 1. The molecule has 7 N–H and O–H groups in total. The third-order valence-electron chi connectivity index (χ3n) is 7.16. The average Bonchev–Trinajstić information content (AvgIpc) is 3.33. The van der Waals surface area contributed by atoms with Crippen LogP contribution in [-0.4, -0.2) is 69.3 Å². The number of aromatic nitrogens is 2. The normalized spacial score (nSPS) is 11.2. The molecule has 44 heavy (non-hydrogen) atoms. The van der Waals surface area contributed by atoms with Crippen LogP contribution in [0.4, 0.5) is 0 Å². The van der Waals surface area contributed by atoms with Crippen molar-refractivity contribution in [2.75, 3.05) is 13.7 Å². The van der Waals surface area contributed by atoms with Crippen LogP contribution in [0.1, 0.15) is 45.4 Å². The summed E-state index contributed by atoms with van der Waals surface area (Å²) in [4.78, 5) is 41.0. The highest BCUT2D eigenvalue weighted by molar-refractivity contribution is 5.99. The van der Waals surface area contributed by atoms with Gasteiger partial charge < -0.3 is 30.8 Å². The molecule has 230 valence electrons. The molecule has 4 rings (SSSR count). The highest BCUT2D eigenvalue weighted by Crippen LogP contribution is 2.21. The van der Waals surface area contributed by atoms with Crippen LogP contribution >= 0.6 is 0 Å². The topological polar surface area (TPSA) is 201 Å². The highest BCUT2D eigenvalue weighted by Gasteiger charge is 2.29. The maximum atomic E-state index is 13.6.